The second kappa shape index (κ2) is 10.7. The highest BCUT2D eigenvalue weighted by atomic mass is 16.7. The molecule has 0 saturated carbocycles. The molecule has 8 nitrogen and oxygen atoms in total. The number of likely N-dealkylation sites (N-methyl/N-ethyl adjacent to an activating group) is 1. The fourth-order valence-corrected chi connectivity index (χ4v) is 4.63. The van der Waals surface area contributed by atoms with Crippen molar-refractivity contribution in [2.75, 3.05) is 52.5 Å². The summed E-state index contributed by atoms with van der Waals surface area (Å²) in [6.45, 7) is 6.13. The molecule has 4 rings (SSSR count). The minimum atomic E-state index is -0.254. The summed E-state index contributed by atoms with van der Waals surface area (Å²) in [5.74, 6) is 2.37. The number of nitrogens with zero attached hydrogens (tertiary/aromatic N) is 3. The number of amides is 1. The number of carbonyl (C=O) groups is 1. The van der Waals surface area contributed by atoms with Crippen molar-refractivity contribution in [3.8, 4) is 17.2 Å². The fourth-order valence-electron chi connectivity index (χ4n) is 4.63. The van der Waals surface area contributed by atoms with Crippen molar-refractivity contribution in [2.24, 2.45) is 5.92 Å². The van der Waals surface area contributed by atoms with Crippen LogP contribution in [0, 0.1) is 5.92 Å². The quantitative estimate of drug-likeness (QED) is 0.649. The Hall–Kier alpha value is -2.97. The Kier molecular flexibility index (Phi) is 7.72. The van der Waals surface area contributed by atoms with Gasteiger partial charge in [0.05, 0.1) is 19.1 Å². The summed E-state index contributed by atoms with van der Waals surface area (Å²) in [5, 5.41) is 9.82. The van der Waals surface area contributed by atoms with Gasteiger partial charge in [-0.15, -0.1) is 0 Å². The molecule has 8 heteroatoms. The predicted molar refractivity (Wildman–Crippen MR) is 135 cm³/mol. The van der Waals surface area contributed by atoms with Crippen LogP contribution >= 0.6 is 0 Å². The molecule has 0 unspecified atom stereocenters. The molecule has 190 valence electrons. The summed E-state index contributed by atoms with van der Waals surface area (Å²) in [6, 6.07) is 11.8. The van der Waals surface area contributed by atoms with Crippen LogP contribution in [0.2, 0.25) is 0 Å². The molecule has 2 aliphatic heterocycles. The van der Waals surface area contributed by atoms with Gasteiger partial charge in [-0.2, -0.15) is 0 Å². The third kappa shape index (κ3) is 5.82. The first-order chi connectivity index (χ1) is 16.7. The molecule has 2 aromatic rings. The van der Waals surface area contributed by atoms with Gasteiger partial charge >= 0.3 is 0 Å². The van der Waals surface area contributed by atoms with Gasteiger partial charge in [0, 0.05) is 50.9 Å². The summed E-state index contributed by atoms with van der Waals surface area (Å²) >= 11 is 0. The van der Waals surface area contributed by atoms with Crippen LogP contribution < -0.4 is 19.1 Å². The Labute approximate surface area is 208 Å². The van der Waals surface area contributed by atoms with Gasteiger partial charge in [0.1, 0.15) is 11.9 Å². The van der Waals surface area contributed by atoms with Gasteiger partial charge in [0.2, 0.25) is 12.7 Å². The van der Waals surface area contributed by atoms with Gasteiger partial charge in [-0.1, -0.05) is 13.0 Å². The number of carbonyl (C=O) groups excluding carboxylic acids is 1. The van der Waals surface area contributed by atoms with E-state index in [4.69, 9.17) is 14.2 Å². The van der Waals surface area contributed by atoms with Gasteiger partial charge in [0.15, 0.2) is 11.5 Å². The summed E-state index contributed by atoms with van der Waals surface area (Å²) in [5.41, 5.74) is 3.02. The first-order valence-electron chi connectivity index (χ1n) is 12.2. The monoisotopic (exact) mass is 483 g/mol. The molecule has 0 saturated heterocycles. The highest BCUT2D eigenvalue weighted by Gasteiger charge is 2.31. The van der Waals surface area contributed by atoms with Crippen molar-refractivity contribution in [1.29, 1.82) is 0 Å². The predicted octanol–water partition coefficient (Wildman–Crippen LogP) is 2.76. The highest BCUT2D eigenvalue weighted by molar-refractivity contribution is 5.80. The smallest absolute Gasteiger partial charge is 0.231 e. The summed E-state index contributed by atoms with van der Waals surface area (Å²) in [4.78, 5) is 19.3. The van der Waals surface area contributed by atoms with E-state index in [2.05, 4.69) is 24.9 Å². The topological polar surface area (TPSA) is 74.7 Å². The van der Waals surface area contributed by atoms with Crippen LogP contribution in [-0.4, -0.2) is 80.6 Å². The van der Waals surface area contributed by atoms with Crippen molar-refractivity contribution < 1.29 is 24.1 Å². The van der Waals surface area contributed by atoms with Crippen LogP contribution in [0.4, 0.5) is 5.69 Å². The lowest BCUT2D eigenvalue weighted by Gasteiger charge is -2.34. The van der Waals surface area contributed by atoms with E-state index in [-0.39, 0.29) is 43.8 Å². The third-order valence-corrected chi connectivity index (χ3v) is 6.80. The van der Waals surface area contributed by atoms with Gasteiger partial charge in [0.25, 0.3) is 0 Å². The Morgan fingerprint density at radius 2 is 1.83 bits per heavy atom. The molecule has 1 N–H and O–H groups in total. The molecular weight excluding hydrogens is 446 g/mol. The molecular formula is C27H37N3O5. The van der Waals surface area contributed by atoms with Gasteiger partial charge in [-0.25, -0.2) is 0 Å². The normalized spacial score (nSPS) is 20.5. The first kappa shape index (κ1) is 25.1. The third-order valence-electron chi connectivity index (χ3n) is 6.80. The molecule has 1 amide bonds. The second-order valence-corrected chi connectivity index (χ2v) is 9.96. The molecule has 2 heterocycles. The number of ether oxygens (including phenoxy) is 3. The Morgan fingerprint density at radius 1 is 1.09 bits per heavy atom. The summed E-state index contributed by atoms with van der Waals surface area (Å²) < 4.78 is 17.6. The summed E-state index contributed by atoms with van der Waals surface area (Å²) in [7, 11) is 6.04. The Morgan fingerprint density at radius 3 is 2.57 bits per heavy atom. The van der Waals surface area contributed by atoms with Crippen LogP contribution in [0.25, 0.3) is 0 Å². The molecule has 0 bridgehead atoms. The highest BCUT2D eigenvalue weighted by Crippen LogP contribution is 2.33. The average molecular weight is 484 g/mol. The minimum Gasteiger partial charge on any atom is -0.488 e. The number of benzene rings is 2. The fraction of sp³-hybridized carbons (Fsp3) is 0.519. The lowest BCUT2D eigenvalue weighted by Crippen LogP contribution is -2.47. The van der Waals surface area contributed by atoms with Gasteiger partial charge < -0.3 is 29.1 Å². The zero-order chi connectivity index (χ0) is 25.1. The lowest BCUT2D eigenvalue weighted by molar-refractivity contribution is -0.134. The van der Waals surface area contributed by atoms with Crippen molar-refractivity contribution in [3.63, 3.8) is 0 Å². The largest absolute Gasteiger partial charge is 0.488 e. The molecule has 0 aromatic heterocycles. The van der Waals surface area contributed by atoms with Gasteiger partial charge in [-0.3, -0.25) is 9.69 Å². The number of aliphatic hydroxyl groups excluding tert-OH is 1. The van der Waals surface area contributed by atoms with E-state index in [9.17, 15) is 9.90 Å². The van der Waals surface area contributed by atoms with E-state index in [0.717, 1.165) is 40.6 Å². The van der Waals surface area contributed by atoms with Gasteiger partial charge in [-0.05, 0) is 49.9 Å². The van der Waals surface area contributed by atoms with Crippen LogP contribution in [-0.2, 0) is 17.8 Å². The molecule has 0 fully saturated rings. The number of hydrogen-bond donors (Lipinski definition) is 1. The zero-order valence-corrected chi connectivity index (χ0v) is 21.4. The number of rotatable bonds is 7. The van der Waals surface area contributed by atoms with Crippen LogP contribution in [0.15, 0.2) is 36.4 Å². The van der Waals surface area contributed by atoms with Crippen LogP contribution in [0.3, 0.4) is 0 Å². The average Bonchev–Trinajstić information content (AvgIpc) is 3.30. The summed E-state index contributed by atoms with van der Waals surface area (Å²) in [6.07, 6.45) is 0.102. The van der Waals surface area contributed by atoms with Crippen LogP contribution in [0.5, 0.6) is 17.2 Å². The van der Waals surface area contributed by atoms with E-state index in [0.29, 0.717) is 13.1 Å². The number of fused-ring (bicyclic) bond motifs is 2. The zero-order valence-electron chi connectivity index (χ0n) is 21.4. The first-order valence-corrected chi connectivity index (χ1v) is 12.2. The van der Waals surface area contributed by atoms with E-state index in [1.807, 2.05) is 56.3 Å². The van der Waals surface area contributed by atoms with Crippen molar-refractivity contribution in [1.82, 2.24) is 9.80 Å². The second-order valence-electron chi connectivity index (χ2n) is 9.96. The molecule has 0 aliphatic carbocycles. The SMILES string of the molecule is C[C@H]1CN([C@@H](C)CO)C(=O)Cc2cc(N(C)C)ccc2O[C@@H]1CN(C)Cc1ccc2c(c1)OCO2. The van der Waals surface area contributed by atoms with E-state index in [1.165, 1.54) is 0 Å². The van der Waals surface area contributed by atoms with Crippen molar-refractivity contribution in [2.45, 2.75) is 39.0 Å². The van der Waals surface area contributed by atoms with Crippen molar-refractivity contribution in [3.05, 3.63) is 47.5 Å². The number of aliphatic hydroxyl groups is 1. The standard InChI is InChI=1S/C27H37N3O5/c1-18-13-30(19(2)16-31)27(32)12-21-11-22(28(3)4)7-9-23(21)35-26(18)15-29(5)14-20-6-8-24-25(10-20)34-17-33-24/h6-11,18-19,26,31H,12-17H2,1-5H3/t18-,19-,26+/m0/s1. The maximum Gasteiger partial charge on any atom is 0.231 e. The molecule has 35 heavy (non-hydrogen) atoms. The number of anilines is 1. The maximum absolute atomic E-state index is 13.3. The molecule has 2 aromatic carbocycles. The van der Waals surface area contributed by atoms with Crippen molar-refractivity contribution >= 4 is 11.6 Å². The Balaban J connectivity index is 1.57. The number of hydrogen-bond acceptors (Lipinski definition) is 7. The lowest BCUT2D eigenvalue weighted by atomic mass is 10.0. The van der Waals surface area contributed by atoms with E-state index in [1.54, 1.807) is 4.90 Å². The molecule has 3 atom stereocenters. The molecule has 2 aliphatic rings. The van der Waals surface area contributed by atoms with E-state index < -0.39 is 0 Å². The minimum absolute atomic E-state index is 0.00789. The molecule has 0 spiro atoms. The van der Waals surface area contributed by atoms with Crippen LogP contribution in [0.1, 0.15) is 25.0 Å². The molecule has 0 radical (unpaired) electrons. The Bertz CT molecular complexity index is 1040. The van der Waals surface area contributed by atoms with E-state index >= 15 is 0 Å². The maximum atomic E-state index is 13.3.